The summed E-state index contributed by atoms with van der Waals surface area (Å²) in [5.74, 6) is 6.35. The van der Waals surface area contributed by atoms with Crippen LogP contribution in [0.3, 0.4) is 0 Å². The normalized spacial score (nSPS) is 20.5. The first kappa shape index (κ1) is 10.3. The number of aryl methyl sites for hydroxylation is 1. The SMILES string of the molecule is Cc1ccc(C#CC2CCCCO2)cc1. The van der Waals surface area contributed by atoms with E-state index in [0.717, 1.165) is 18.6 Å². The Balaban J connectivity index is 2.00. The Kier molecular flexibility index (Phi) is 3.42. The Morgan fingerprint density at radius 2 is 2.00 bits per heavy atom. The van der Waals surface area contributed by atoms with E-state index in [1.54, 1.807) is 0 Å². The molecule has 0 bridgehead atoms. The van der Waals surface area contributed by atoms with E-state index in [1.807, 2.05) is 0 Å². The van der Waals surface area contributed by atoms with E-state index in [4.69, 9.17) is 4.74 Å². The molecule has 0 N–H and O–H groups in total. The van der Waals surface area contributed by atoms with Crippen LogP contribution in [-0.4, -0.2) is 12.7 Å². The molecule has 1 aromatic carbocycles. The van der Waals surface area contributed by atoms with Crippen LogP contribution in [-0.2, 0) is 4.74 Å². The molecule has 0 saturated carbocycles. The summed E-state index contributed by atoms with van der Waals surface area (Å²) in [6.45, 7) is 2.95. The van der Waals surface area contributed by atoms with Gasteiger partial charge in [-0.25, -0.2) is 0 Å². The Morgan fingerprint density at radius 3 is 2.67 bits per heavy atom. The van der Waals surface area contributed by atoms with Gasteiger partial charge in [0.2, 0.25) is 0 Å². The van der Waals surface area contributed by atoms with Gasteiger partial charge in [0.15, 0.2) is 0 Å². The van der Waals surface area contributed by atoms with Crippen LogP contribution in [0, 0.1) is 18.8 Å². The number of benzene rings is 1. The predicted octanol–water partition coefficient (Wildman–Crippen LogP) is 2.92. The fourth-order valence-corrected chi connectivity index (χ4v) is 1.66. The Labute approximate surface area is 91.5 Å². The summed E-state index contributed by atoms with van der Waals surface area (Å²) in [5, 5.41) is 0. The van der Waals surface area contributed by atoms with Gasteiger partial charge >= 0.3 is 0 Å². The molecule has 15 heavy (non-hydrogen) atoms. The zero-order chi connectivity index (χ0) is 10.5. The van der Waals surface area contributed by atoms with Gasteiger partial charge in [-0.3, -0.25) is 0 Å². The minimum Gasteiger partial charge on any atom is -0.366 e. The van der Waals surface area contributed by atoms with Crippen molar-refractivity contribution in [3.05, 3.63) is 35.4 Å². The van der Waals surface area contributed by atoms with E-state index in [2.05, 4.69) is 43.0 Å². The molecule has 1 aliphatic rings. The number of hydrogen-bond donors (Lipinski definition) is 0. The summed E-state index contributed by atoms with van der Waals surface area (Å²) in [7, 11) is 0. The zero-order valence-electron chi connectivity index (χ0n) is 9.12. The predicted molar refractivity (Wildman–Crippen MR) is 61.6 cm³/mol. The van der Waals surface area contributed by atoms with Gasteiger partial charge in [0.05, 0.1) is 0 Å². The van der Waals surface area contributed by atoms with E-state index >= 15 is 0 Å². The van der Waals surface area contributed by atoms with E-state index in [-0.39, 0.29) is 6.10 Å². The molecular weight excluding hydrogens is 184 g/mol. The Hall–Kier alpha value is -1.26. The molecule has 1 aromatic rings. The average Bonchev–Trinajstić information content (AvgIpc) is 2.30. The summed E-state index contributed by atoms with van der Waals surface area (Å²) >= 11 is 0. The standard InChI is InChI=1S/C14H16O/c1-12-5-7-13(8-6-12)9-10-14-4-2-3-11-15-14/h5-8,14H,2-4,11H2,1H3. The van der Waals surface area contributed by atoms with Crippen molar-refractivity contribution in [3.63, 3.8) is 0 Å². The van der Waals surface area contributed by atoms with Crippen molar-refractivity contribution in [2.75, 3.05) is 6.61 Å². The fraction of sp³-hybridized carbons (Fsp3) is 0.429. The highest BCUT2D eigenvalue weighted by Crippen LogP contribution is 2.11. The number of hydrogen-bond acceptors (Lipinski definition) is 1. The van der Waals surface area contributed by atoms with Crippen molar-refractivity contribution in [3.8, 4) is 11.8 Å². The smallest absolute Gasteiger partial charge is 0.118 e. The van der Waals surface area contributed by atoms with Crippen molar-refractivity contribution >= 4 is 0 Å². The summed E-state index contributed by atoms with van der Waals surface area (Å²) < 4.78 is 5.55. The van der Waals surface area contributed by atoms with E-state index in [9.17, 15) is 0 Å². The quantitative estimate of drug-likeness (QED) is 0.585. The highest BCUT2D eigenvalue weighted by atomic mass is 16.5. The molecule has 1 nitrogen and oxygen atoms in total. The third-order valence-corrected chi connectivity index (χ3v) is 2.61. The number of ether oxygens (including phenoxy) is 1. The molecule has 0 radical (unpaired) electrons. The lowest BCUT2D eigenvalue weighted by molar-refractivity contribution is 0.0526. The van der Waals surface area contributed by atoms with Gasteiger partial charge in [-0.15, -0.1) is 0 Å². The molecule has 0 aromatic heterocycles. The van der Waals surface area contributed by atoms with Crippen LogP contribution in [0.15, 0.2) is 24.3 Å². The monoisotopic (exact) mass is 200 g/mol. The summed E-state index contributed by atoms with van der Waals surface area (Å²) in [4.78, 5) is 0. The molecule has 1 atom stereocenters. The van der Waals surface area contributed by atoms with E-state index < -0.39 is 0 Å². The van der Waals surface area contributed by atoms with Crippen molar-refractivity contribution in [2.24, 2.45) is 0 Å². The molecule has 78 valence electrons. The van der Waals surface area contributed by atoms with Gasteiger partial charge in [0, 0.05) is 12.2 Å². The van der Waals surface area contributed by atoms with E-state index in [0.29, 0.717) is 0 Å². The zero-order valence-corrected chi connectivity index (χ0v) is 9.12. The molecule has 2 rings (SSSR count). The third-order valence-electron chi connectivity index (χ3n) is 2.61. The molecule has 0 aliphatic carbocycles. The highest BCUT2D eigenvalue weighted by molar-refractivity contribution is 5.36. The second-order valence-electron chi connectivity index (χ2n) is 3.99. The van der Waals surface area contributed by atoms with Gasteiger partial charge in [0.1, 0.15) is 6.10 Å². The number of rotatable bonds is 0. The second kappa shape index (κ2) is 5.00. The lowest BCUT2D eigenvalue weighted by atomic mass is 10.1. The van der Waals surface area contributed by atoms with Crippen LogP contribution < -0.4 is 0 Å². The van der Waals surface area contributed by atoms with E-state index in [1.165, 1.54) is 18.4 Å². The minimum absolute atomic E-state index is 0.153. The van der Waals surface area contributed by atoms with Crippen LogP contribution >= 0.6 is 0 Å². The lowest BCUT2D eigenvalue weighted by Crippen LogP contribution is -2.16. The van der Waals surface area contributed by atoms with Crippen LogP contribution in [0.25, 0.3) is 0 Å². The topological polar surface area (TPSA) is 9.23 Å². The molecule has 0 amide bonds. The maximum absolute atomic E-state index is 5.55. The molecule has 1 fully saturated rings. The first-order valence-electron chi connectivity index (χ1n) is 5.54. The molecule has 1 heteroatoms. The van der Waals surface area contributed by atoms with Crippen LogP contribution in [0.4, 0.5) is 0 Å². The molecule has 1 saturated heterocycles. The molecule has 1 unspecified atom stereocenters. The third kappa shape index (κ3) is 3.11. The van der Waals surface area contributed by atoms with Crippen molar-refractivity contribution in [1.82, 2.24) is 0 Å². The van der Waals surface area contributed by atoms with Gasteiger partial charge in [-0.1, -0.05) is 29.5 Å². The first-order valence-corrected chi connectivity index (χ1v) is 5.54. The van der Waals surface area contributed by atoms with Gasteiger partial charge in [-0.2, -0.15) is 0 Å². The maximum atomic E-state index is 5.55. The van der Waals surface area contributed by atoms with Crippen molar-refractivity contribution < 1.29 is 4.74 Å². The molecule has 0 spiro atoms. The average molecular weight is 200 g/mol. The van der Waals surface area contributed by atoms with Crippen molar-refractivity contribution in [1.29, 1.82) is 0 Å². The second-order valence-corrected chi connectivity index (χ2v) is 3.99. The van der Waals surface area contributed by atoms with Crippen LogP contribution in [0.2, 0.25) is 0 Å². The van der Waals surface area contributed by atoms with Crippen molar-refractivity contribution in [2.45, 2.75) is 32.3 Å². The summed E-state index contributed by atoms with van der Waals surface area (Å²) in [6.07, 6.45) is 3.66. The molecular formula is C14H16O. The van der Waals surface area contributed by atoms with Crippen LogP contribution in [0.5, 0.6) is 0 Å². The van der Waals surface area contributed by atoms with Crippen LogP contribution in [0.1, 0.15) is 30.4 Å². The molecule has 1 heterocycles. The minimum atomic E-state index is 0.153. The summed E-state index contributed by atoms with van der Waals surface area (Å²) in [5.41, 5.74) is 2.35. The Bertz CT molecular complexity index is 361. The van der Waals surface area contributed by atoms with Gasteiger partial charge < -0.3 is 4.74 Å². The van der Waals surface area contributed by atoms with Gasteiger partial charge in [-0.05, 0) is 38.3 Å². The maximum Gasteiger partial charge on any atom is 0.118 e. The first-order chi connectivity index (χ1) is 7.34. The fourth-order valence-electron chi connectivity index (χ4n) is 1.66. The molecule has 1 aliphatic heterocycles. The largest absolute Gasteiger partial charge is 0.366 e. The highest BCUT2D eigenvalue weighted by Gasteiger charge is 2.09. The summed E-state index contributed by atoms with van der Waals surface area (Å²) in [6, 6.07) is 8.30. The van der Waals surface area contributed by atoms with Gasteiger partial charge in [0.25, 0.3) is 0 Å². The lowest BCUT2D eigenvalue weighted by Gasteiger charge is -2.16. The Morgan fingerprint density at radius 1 is 1.20 bits per heavy atom.